The Balaban J connectivity index is 2.18. The van der Waals surface area contributed by atoms with E-state index < -0.39 is 17.6 Å². The van der Waals surface area contributed by atoms with E-state index in [9.17, 15) is 22.4 Å². The van der Waals surface area contributed by atoms with E-state index in [1.165, 1.54) is 0 Å². The van der Waals surface area contributed by atoms with Crippen molar-refractivity contribution in [1.82, 2.24) is 0 Å². The fourth-order valence-corrected chi connectivity index (χ4v) is 2.51. The Morgan fingerprint density at radius 3 is 2.42 bits per heavy atom. The fraction of sp³-hybridized carbons (Fsp3) is 0.500. The van der Waals surface area contributed by atoms with Crippen LogP contribution in [-0.4, -0.2) is 5.78 Å². The minimum absolute atomic E-state index is 0.0550. The first-order valence-corrected chi connectivity index (χ1v) is 6.28. The standard InChI is InChI=1S/C14H14F4O/c15-12-6-5-10(8-11(12)14(16,17)18)13(19)7-9-3-1-2-4-9/h5-6,8-9H,1-4,7H2. The Morgan fingerprint density at radius 2 is 1.84 bits per heavy atom. The Bertz CT molecular complexity index is 473. The van der Waals surface area contributed by atoms with E-state index in [2.05, 4.69) is 0 Å². The van der Waals surface area contributed by atoms with Gasteiger partial charge in [0.15, 0.2) is 5.78 Å². The first kappa shape index (κ1) is 14.0. The predicted octanol–water partition coefficient (Wildman–Crippen LogP) is 4.61. The zero-order chi connectivity index (χ0) is 14.0. The minimum atomic E-state index is -4.77. The number of benzene rings is 1. The van der Waals surface area contributed by atoms with Crippen molar-refractivity contribution in [2.75, 3.05) is 0 Å². The molecule has 0 unspecified atom stereocenters. The number of carbonyl (C=O) groups excluding carboxylic acids is 1. The van der Waals surface area contributed by atoms with Gasteiger partial charge in [-0.2, -0.15) is 13.2 Å². The molecule has 5 heteroatoms. The molecule has 0 radical (unpaired) electrons. The molecule has 1 aromatic carbocycles. The Kier molecular flexibility index (Phi) is 3.92. The number of hydrogen-bond acceptors (Lipinski definition) is 1. The first-order chi connectivity index (χ1) is 8.88. The molecule has 1 nitrogen and oxygen atoms in total. The lowest BCUT2D eigenvalue weighted by atomic mass is 9.96. The van der Waals surface area contributed by atoms with Crippen LogP contribution in [-0.2, 0) is 6.18 Å². The molecular weight excluding hydrogens is 260 g/mol. The van der Waals surface area contributed by atoms with E-state index in [0.29, 0.717) is 12.1 Å². The van der Waals surface area contributed by atoms with Gasteiger partial charge in [-0.15, -0.1) is 0 Å². The van der Waals surface area contributed by atoms with Crippen LogP contribution in [0.4, 0.5) is 17.6 Å². The van der Waals surface area contributed by atoms with Crippen LogP contribution >= 0.6 is 0 Å². The van der Waals surface area contributed by atoms with Crippen molar-refractivity contribution in [3.8, 4) is 0 Å². The minimum Gasteiger partial charge on any atom is -0.294 e. The summed E-state index contributed by atoms with van der Waals surface area (Å²) in [6.07, 6.45) is -0.501. The maximum absolute atomic E-state index is 13.1. The highest BCUT2D eigenvalue weighted by Gasteiger charge is 2.34. The van der Waals surface area contributed by atoms with Crippen LogP contribution in [0.1, 0.15) is 48.0 Å². The largest absolute Gasteiger partial charge is 0.419 e. The van der Waals surface area contributed by atoms with Crippen molar-refractivity contribution in [3.05, 3.63) is 35.1 Å². The summed E-state index contributed by atoms with van der Waals surface area (Å²) in [7, 11) is 0. The first-order valence-electron chi connectivity index (χ1n) is 6.28. The molecule has 0 aliphatic heterocycles. The predicted molar refractivity (Wildman–Crippen MR) is 62.3 cm³/mol. The van der Waals surface area contributed by atoms with Gasteiger partial charge in [-0.1, -0.05) is 25.7 Å². The lowest BCUT2D eigenvalue weighted by Gasteiger charge is -2.11. The molecule has 0 atom stereocenters. The monoisotopic (exact) mass is 274 g/mol. The summed E-state index contributed by atoms with van der Waals surface area (Å²) in [6.45, 7) is 0. The Hall–Kier alpha value is -1.39. The van der Waals surface area contributed by atoms with Gasteiger partial charge in [0.05, 0.1) is 5.56 Å². The van der Waals surface area contributed by atoms with Gasteiger partial charge in [0.1, 0.15) is 5.82 Å². The summed E-state index contributed by atoms with van der Waals surface area (Å²) in [4.78, 5) is 11.9. The molecule has 0 aromatic heterocycles. The number of ketones is 1. The molecule has 2 rings (SSSR count). The number of rotatable bonds is 3. The summed E-state index contributed by atoms with van der Waals surface area (Å²) in [5.74, 6) is -1.42. The average Bonchev–Trinajstić information content (AvgIpc) is 2.80. The highest BCUT2D eigenvalue weighted by molar-refractivity contribution is 5.96. The highest BCUT2D eigenvalue weighted by atomic mass is 19.4. The number of hydrogen-bond donors (Lipinski definition) is 0. The topological polar surface area (TPSA) is 17.1 Å². The second-order valence-corrected chi connectivity index (χ2v) is 4.97. The van der Waals surface area contributed by atoms with Gasteiger partial charge in [0, 0.05) is 12.0 Å². The number of Topliss-reactive ketones (excluding diaryl/α,β-unsaturated/α-hetero) is 1. The number of alkyl halides is 3. The Labute approximate surface area is 108 Å². The quantitative estimate of drug-likeness (QED) is 0.581. The molecule has 0 N–H and O–H groups in total. The molecular formula is C14H14F4O. The summed E-state index contributed by atoms with van der Waals surface area (Å²) in [5.41, 5.74) is -1.43. The van der Waals surface area contributed by atoms with Crippen LogP contribution in [0.15, 0.2) is 18.2 Å². The van der Waals surface area contributed by atoms with E-state index >= 15 is 0 Å². The Morgan fingerprint density at radius 1 is 1.21 bits per heavy atom. The smallest absolute Gasteiger partial charge is 0.294 e. The molecule has 19 heavy (non-hydrogen) atoms. The highest BCUT2D eigenvalue weighted by Crippen LogP contribution is 2.33. The van der Waals surface area contributed by atoms with Crippen LogP contribution in [0.25, 0.3) is 0 Å². The number of halogens is 4. The maximum atomic E-state index is 13.1. The van der Waals surface area contributed by atoms with Gasteiger partial charge in [-0.25, -0.2) is 4.39 Å². The fourth-order valence-electron chi connectivity index (χ4n) is 2.51. The van der Waals surface area contributed by atoms with Crippen LogP contribution in [0.3, 0.4) is 0 Å². The van der Waals surface area contributed by atoms with Crippen molar-refractivity contribution >= 4 is 5.78 Å². The van der Waals surface area contributed by atoms with Crippen LogP contribution in [0.2, 0.25) is 0 Å². The van der Waals surface area contributed by atoms with Crippen LogP contribution < -0.4 is 0 Å². The van der Waals surface area contributed by atoms with E-state index in [4.69, 9.17) is 0 Å². The molecule has 104 valence electrons. The van der Waals surface area contributed by atoms with Gasteiger partial charge < -0.3 is 0 Å². The molecule has 0 spiro atoms. The molecule has 0 saturated heterocycles. The third-order valence-corrected chi connectivity index (χ3v) is 3.54. The average molecular weight is 274 g/mol. The van der Waals surface area contributed by atoms with Crippen molar-refractivity contribution in [3.63, 3.8) is 0 Å². The molecule has 1 aliphatic carbocycles. The SMILES string of the molecule is O=C(CC1CCCC1)c1ccc(F)c(C(F)(F)F)c1. The van der Waals surface area contributed by atoms with Crippen molar-refractivity contribution in [1.29, 1.82) is 0 Å². The maximum Gasteiger partial charge on any atom is 0.419 e. The van der Waals surface area contributed by atoms with Gasteiger partial charge >= 0.3 is 6.18 Å². The lowest BCUT2D eigenvalue weighted by molar-refractivity contribution is -0.140. The van der Waals surface area contributed by atoms with E-state index in [-0.39, 0.29) is 23.7 Å². The van der Waals surface area contributed by atoms with E-state index in [0.717, 1.165) is 31.7 Å². The second kappa shape index (κ2) is 5.31. The third kappa shape index (κ3) is 3.33. The molecule has 1 fully saturated rings. The van der Waals surface area contributed by atoms with Gasteiger partial charge in [-0.3, -0.25) is 4.79 Å². The summed E-state index contributed by atoms with van der Waals surface area (Å²) < 4.78 is 50.7. The molecule has 0 amide bonds. The van der Waals surface area contributed by atoms with Gasteiger partial charge in [0.2, 0.25) is 0 Å². The van der Waals surface area contributed by atoms with Crippen LogP contribution in [0.5, 0.6) is 0 Å². The third-order valence-electron chi connectivity index (χ3n) is 3.54. The van der Waals surface area contributed by atoms with E-state index in [1.807, 2.05) is 0 Å². The zero-order valence-electron chi connectivity index (χ0n) is 10.3. The molecule has 1 saturated carbocycles. The molecule has 0 heterocycles. The van der Waals surface area contributed by atoms with E-state index in [1.54, 1.807) is 0 Å². The lowest BCUT2D eigenvalue weighted by Crippen LogP contribution is -2.12. The second-order valence-electron chi connectivity index (χ2n) is 4.97. The van der Waals surface area contributed by atoms with Crippen molar-refractivity contribution in [2.24, 2.45) is 5.92 Å². The normalized spacial score (nSPS) is 16.8. The summed E-state index contributed by atoms with van der Waals surface area (Å²) in [6, 6.07) is 2.46. The number of carbonyl (C=O) groups is 1. The summed E-state index contributed by atoms with van der Waals surface area (Å²) in [5, 5.41) is 0. The van der Waals surface area contributed by atoms with Crippen molar-refractivity contribution in [2.45, 2.75) is 38.3 Å². The van der Waals surface area contributed by atoms with Crippen molar-refractivity contribution < 1.29 is 22.4 Å². The molecule has 0 bridgehead atoms. The van der Waals surface area contributed by atoms with Gasteiger partial charge in [0.25, 0.3) is 0 Å². The zero-order valence-corrected chi connectivity index (χ0v) is 10.3. The molecule has 1 aromatic rings. The summed E-state index contributed by atoms with van der Waals surface area (Å²) >= 11 is 0. The molecule has 1 aliphatic rings. The van der Waals surface area contributed by atoms with Crippen LogP contribution in [0, 0.1) is 11.7 Å². The van der Waals surface area contributed by atoms with Gasteiger partial charge in [-0.05, 0) is 24.1 Å².